The zero-order valence-electron chi connectivity index (χ0n) is 16.7. The Bertz CT molecular complexity index is 263. The van der Waals surface area contributed by atoms with Gasteiger partial charge in [-0.25, -0.2) is 4.79 Å². The molecule has 0 bridgehead atoms. The minimum Gasteiger partial charge on any atom is -0.261 e. The minimum absolute atomic E-state index is 0.463. The van der Waals surface area contributed by atoms with Gasteiger partial charge in [-0.1, -0.05) is 77.6 Å². The lowest BCUT2D eigenvalue weighted by atomic mass is 10.0. The largest absolute Gasteiger partial charge is 0.313 e. The molecular formula is C21H44NO+. The highest BCUT2D eigenvalue weighted by atomic mass is 16.2. The molecule has 0 aliphatic rings. The van der Waals surface area contributed by atoms with Gasteiger partial charge in [0.2, 0.25) is 0 Å². The first kappa shape index (κ1) is 22.6. The lowest BCUT2D eigenvalue weighted by Crippen LogP contribution is -2.52. The Balaban J connectivity index is 3.47. The molecule has 0 fully saturated rings. The van der Waals surface area contributed by atoms with Crippen LogP contribution in [0.2, 0.25) is 0 Å². The summed E-state index contributed by atoms with van der Waals surface area (Å²) >= 11 is 0. The maximum atomic E-state index is 12.4. The van der Waals surface area contributed by atoms with Gasteiger partial charge in [0.05, 0.1) is 26.1 Å². The summed E-state index contributed by atoms with van der Waals surface area (Å²) in [5.41, 5.74) is 0. The average molecular weight is 327 g/mol. The molecule has 23 heavy (non-hydrogen) atoms. The van der Waals surface area contributed by atoms with Gasteiger partial charge in [0.1, 0.15) is 0 Å². The van der Waals surface area contributed by atoms with Crippen LogP contribution in [0.5, 0.6) is 0 Å². The van der Waals surface area contributed by atoms with E-state index in [0.29, 0.717) is 10.4 Å². The van der Waals surface area contributed by atoms with Crippen LogP contribution in [0.1, 0.15) is 111 Å². The van der Waals surface area contributed by atoms with Crippen LogP contribution in [-0.2, 0) is 4.79 Å². The van der Waals surface area contributed by atoms with Gasteiger partial charge in [0.25, 0.3) is 0 Å². The molecule has 0 aliphatic heterocycles. The van der Waals surface area contributed by atoms with Crippen LogP contribution in [0, 0.1) is 0 Å². The molecule has 0 saturated carbocycles. The van der Waals surface area contributed by atoms with Crippen LogP contribution in [0.25, 0.3) is 0 Å². The summed E-state index contributed by atoms with van der Waals surface area (Å²) in [6.07, 6.45) is 17.1. The number of hydrogen-bond donors (Lipinski definition) is 0. The first-order valence-corrected chi connectivity index (χ1v) is 10.6. The normalized spacial score (nSPS) is 11.8. The Morgan fingerprint density at radius 2 is 0.913 bits per heavy atom. The van der Waals surface area contributed by atoms with Crippen molar-refractivity contribution in [3.63, 3.8) is 0 Å². The summed E-state index contributed by atoms with van der Waals surface area (Å²) < 4.78 is 0.679. The van der Waals surface area contributed by atoms with Crippen LogP contribution in [0.15, 0.2) is 0 Å². The molecule has 0 radical (unpaired) electrons. The number of unbranched alkanes of at least 4 members (excludes halogenated alkanes) is 11. The smallest absolute Gasteiger partial charge is 0.261 e. The molecule has 2 heteroatoms. The quantitative estimate of drug-likeness (QED) is 0.234. The summed E-state index contributed by atoms with van der Waals surface area (Å²) in [5, 5.41) is 0. The Labute approximate surface area is 146 Å². The molecule has 0 aromatic carbocycles. The lowest BCUT2D eigenvalue weighted by molar-refractivity contribution is -0.849. The lowest BCUT2D eigenvalue weighted by Gasteiger charge is -2.32. The van der Waals surface area contributed by atoms with Gasteiger partial charge >= 0.3 is 5.91 Å². The van der Waals surface area contributed by atoms with E-state index in [1.54, 1.807) is 0 Å². The molecule has 0 aromatic heterocycles. The number of quaternary nitrogens is 1. The maximum Gasteiger partial charge on any atom is 0.313 e. The van der Waals surface area contributed by atoms with Crippen LogP contribution < -0.4 is 0 Å². The third kappa shape index (κ3) is 10.2. The maximum absolute atomic E-state index is 12.4. The SMILES string of the molecule is CCCCCCCCCCCCCCC(=O)[N+](CC)(CC)CC. The molecule has 0 saturated heterocycles. The Kier molecular flexibility index (Phi) is 14.9. The van der Waals surface area contributed by atoms with E-state index in [-0.39, 0.29) is 0 Å². The van der Waals surface area contributed by atoms with Crippen molar-refractivity contribution in [1.82, 2.24) is 0 Å². The van der Waals surface area contributed by atoms with Crippen molar-refractivity contribution in [3.8, 4) is 0 Å². The van der Waals surface area contributed by atoms with Crippen molar-refractivity contribution in [2.24, 2.45) is 0 Å². The zero-order chi connectivity index (χ0) is 17.4. The van der Waals surface area contributed by atoms with Crippen molar-refractivity contribution in [3.05, 3.63) is 0 Å². The molecule has 0 N–H and O–H groups in total. The van der Waals surface area contributed by atoms with Crippen molar-refractivity contribution in [1.29, 1.82) is 0 Å². The number of carbonyl (C=O) groups is 1. The third-order valence-corrected chi connectivity index (χ3v) is 5.59. The van der Waals surface area contributed by atoms with E-state index in [4.69, 9.17) is 0 Å². The highest BCUT2D eigenvalue weighted by molar-refractivity contribution is 5.68. The molecule has 0 spiro atoms. The van der Waals surface area contributed by atoms with Crippen LogP contribution >= 0.6 is 0 Å². The highest BCUT2D eigenvalue weighted by Crippen LogP contribution is 2.15. The number of carbonyl (C=O) groups excluding carboxylic acids is 1. The number of amides is 1. The van der Waals surface area contributed by atoms with E-state index < -0.39 is 0 Å². The van der Waals surface area contributed by atoms with Crippen molar-refractivity contribution >= 4 is 5.91 Å². The Morgan fingerprint density at radius 1 is 0.565 bits per heavy atom. The third-order valence-electron chi connectivity index (χ3n) is 5.59. The molecule has 0 aliphatic carbocycles. The molecule has 0 unspecified atom stereocenters. The minimum atomic E-state index is 0.463. The van der Waals surface area contributed by atoms with Crippen LogP contribution in [0.4, 0.5) is 0 Å². The first-order valence-electron chi connectivity index (χ1n) is 10.6. The monoisotopic (exact) mass is 326 g/mol. The van der Waals surface area contributed by atoms with E-state index in [1.165, 1.54) is 70.6 Å². The fourth-order valence-electron chi connectivity index (χ4n) is 3.55. The molecule has 0 atom stereocenters. The number of hydrogen-bond acceptors (Lipinski definition) is 1. The summed E-state index contributed by atoms with van der Waals surface area (Å²) in [5.74, 6) is 0.463. The van der Waals surface area contributed by atoms with E-state index in [2.05, 4.69) is 27.7 Å². The fraction of sp³-hybridized carbons (Fsp3) is 0.952. The standard InChI is InChI=1S/C21H44NO/c1-5-9-10-11-12-13-14-15-16-17-18-19-20-21(23)22(6-2,7-3)8-4/h5-20H2,1-4H3/q+1. The molecule has 138 valence electrons. The van der Waals surface area contributed by atoms with Crippen LogP contribution in [-0.4, -0.2) is 30.0 Å². The zero-order valence-corrected chi connectivity index (χ0v) is 16.7. The average Bonchev–Trinajstić information content (AvgIpc) is 2.58. The molecule has 0 rings (SSSR count). The van der Waals surface area contributed by atoms with Gasteiger partial charge in [0, 0.05) is 0 Å². The predicted octanol–water partition coefficient (Wildman–Crippen LogP) is 6.48. The summed E-state index contributed by atoms with van der Waals surface area (Å²) in [7, 11) is 0. The van der Waals surface area contributed by atoms with Crippen LogP contribution in [0.3, 0.4) is 0 Å². The highest BCUT2D eigenvalue weighted by Gasteiger charge is 2.29. The molecular weight excluding hydrogens is 282 g/mol. The van der Waals surface area contributed by atoms with E-state index in [1.807, 2.05) is 0 Å². The van der Waals surface area contributed by atoms with E-state index in [9.17, 15) is 4.79 Å². The van der Waals surface area contributed by atoms with E-state index in [0.717, 1.165) is 32.5 Å². The number of rotatable bonds is 16. The van der Waals surface area contributed by atoms with Gasteiger partial charge in [-0.3, -0.25) is 4.48 Å². The summed E-state index contributed by atoms with van der Waals surface area (Å²) in [4.78, 5) is 12.4. The molecule has 0 heterocycles. The van der Waals surface area contributed by atoms with Gasteiger partial charge in [0.15, 0.2) is 0 Å². The second-order valence-corrected chi connectivity index (χ2v) is 7.13. The Morgan fingerprint density at radius 3 is 1.26 bits per heavy atom. The van der Waals surface area contributed by atoms with Gasteiger partial charge in [-0.05, 0) is 27.2 Å². The predicted molar refractivity (Wildman–Crippen MR) is 103 cm³/mol. The van der Waals surface area contributed by atoms with Gasteiger partial charge in [-0.15, -0.1) is 0 Å². The number of nitrogens with zero attached hydrogens (tertiary/aromatic N) is 1. The molecule has 2 nitrogen and oxygen atoms in total. The van der Waals surface area contributed by atoms with Gasteiger partial charge in [-0.2, -0.15) is 0 Å². The Hall–Kier alpha value is -0.370. The second-order valence-electron chi connectivity index (χ2n) is 7.13. The first-order chi connectivity index (χ1) is 11.2. The fourth-order valence-corrected chi connectivity index (χ4v) is 3.55. The summed E-state index contributed by atoms with van der Waals surface area (Å²) in [6, 6.07) is 0. The second kappa shape index (κ2) is 15.2. The van der Waals surface area contributed by atoms with Crippen molar-refractivity contribution in [2.75, 3.05) is 19.6 Å². The van der Waals surface area contributed by atoms with E-state index >= 15 is 0 Å². The molecule has 0 aromatic rings. The van der Waals surface area contributed by atoms with Crippen molar-refractivity contribution in [2.45, 2.75) is 111 Å². The topological polar surface area (TPSA) is 17.1 Å². The van der Waals surface area contributed by atoms with Crippen molar-refractivity contribution < 1.29 is 9.28 Å². The van der Waals surface area contributed by atoms with Gasteiger partial charge < -0.3 is 0 Å². The summed E-state index contributed by atoms with van der Waals surface area (Å²) in [6.45, 7) is 11.6. The molecule has 1 amide bonds.